The fourth-order valence-corrected chi connectivity index (χ4v) is 5.40. The highest BCUT2D eigenvalue weighted by Gasteiger charge is 2.27. The van der Waals surface area contributed by atoms with Crippen LogP contribution in [-0.4, -0.2) is 61.3 Å². The second-order valence-electron chi connectivity index (χ2n) is 8.50. The first kappa shape index (κ1) is 28.7. The zero-order valence-corrected chi connectivity index (χ0v) is 22.8. The van der Waals surface area contributed by atoms with Gasteiger partial charge in [0.1, 0.15) is 5.69 Å². The van der Waals surface area contributed by atoms with Gasteiger partial charge in [-0.3, -0.25) is 19.3 Å². The lowest BCUT2D eigenvalue weighted by molar-refractivity contribution is -0.757. The zero-order chi connectivity index (χ0) is 28.0. The molecule has 1 aliphatic rings. The monoisotopic (exact) mass is 594 g/mol. The van der Waals surface area contributed by atoms with Crippen molar-refractivity contribution in [2.75, 3.05) is 31.2 Å². The van der Waals surface area contributed by atoms with Gasteiger partial charge in [0.25, 0.3) is 11.0 Å². The molecule has 11 nitrogen and oxygen atoms in total. The van der Waals surface area contributed by atoms with Crippen molar-refractivity contribution in [3.8, 4) is 34.4 Å². The van der Waals surface area contributed by atoms with Crippen LogP contribution in [0.2, 0.25) is 10.0 Å². The normalized spacial score (nSPS) is 15.6. The topological polar surface area (TPSA) is 151 Å². The summed E-state index contributed by atoms with van der Waals surface area (Å²) in [6.07, 6.45) is 0.868. The Balaban J connectivity index is 1.56. The summed E-state index contributed by atoms with van der Waals surface area (Å²) >= 11 is 12.5. The summed E-state index contributed by atoms with van der Waals surface area (Å²) in [5.41, 5.74) is 4.95. The molecule has 3 aromatic rings. The van der Waals surface area contributed by atoms with Crippen molar-refractivity contribution < 1.29 is 28.2 Å². The van der Waals surface area contributed by atoms with E-state index in [1.54, 1.807) is 47.5 Å². The average Bonchev–Trinajstić information content (AvgIpc) is 3.33. The molecule has 4 rings (SSSR count). The van der Waals surface area contributed by atoms with E-state index in [0.717, 1.165) is 5.56 Å². The van der Waals surface area contributed by atoms with Gasteiger partial charge in [0.15, 0.2) is 5.76 Å². The van der Waals surface area contributed by atoms with Crippen LogP contribution >= 0.6 is 33.8 Å². The molecule has 0 atom stereocenters. The number of nitrogens with zero attached hydrogens (tertiary/aromatic N) is 3. The number of hydrazine groups is 1. The van der Waals surface area contributed by atoms with Crippen LogP contribution in [0.4, 0.5) is 0 Å². The molecule has 1 aromatic heterocycles. The molecule has 1 amide bonds. The Kier molecular flexibility index (Phi) is 9.34. The van der Waals surface area contributed by atoms with Gasteiger partial charge in [-0.05, 0) is 36.8 Å². The molecule has 0 bridgehead atoms. The fraction of sp³-hybridized carbons (Fsp3) is 0.280. The Labute approximate surface area is 235 Å². The Bertz CT molecular complexity index is 1410. The summed E-state index contributed by atoms with van der Waals surface area (Å²) in [4.78, 5) is 31.9. The van der Waals surface area contributed by atoms with E-state index in [4.69, 9.17) is 27.6 Å². The van der Waals surface area contributed by atoms with Gasteiger partial charge in [0, 0.05) is 41.2 Å². The van der Waals surface area contributed by atoms with Crippen LogP contribution < -0.4 is 5.43 Å². The second kappa shape index (κ2) is 12.7. The number of benzene rings is 2. The lowest BCUT2D eigenvalue weighted by Gasteiger charge is -2.40. The van der Waals surface area contributed by atoms with Crippen LogP contribution in [0.3, 0.4) is 0 Å². The Hall–Kier alpha value is -3.31. The van der Waals surface area contributed by atoms with E-state index in [0.29, 0.717) is 39.7 Å². The first-order valence-electron chi connectivity index (χ1n) is 11.7. The highest BCUT2D eigenvalue weighted by atomic mass is 35.5. The Morgan fingerprint density at radius 3 is 2.59 bits per heavy atom. The average molecular weight is 595 g/mol. The molecular weight excluding hydrogens is 571 g/mol. The molecule has 0 radical (unpaired) electrons. The van der Waals surface area contributed by atoms with E-state index < -0.39 is 21.6 Å². The number of hydrogen-bond acceptors (Lipinski definition) is 9. The van der Waals surface area contributed by atoms with Crippen LogP contribution in [0.15, 0.2) is 46.9 Å². The summed E-state index contributed by atoms with van der Waals surface area (Å²) in [6, 6.07) is 12.0. The van der Waals surface area contributed by atoms with Crippen LogP contribution in [0, 0.1) is 22.0 Å². The first-order chi connectivity index (χ1) is 18.6. The van der Waals surface area contributed by atoms with E-state index >= 15 is 0 Å². The lowest BCUT2D eigenvalue weighted by Crippen LogP contribution is -2.49. The third kappa shape index (κ3) is 7.86. The van der Waals surface area contributed by atoms with Gasteiger partial charge in [-0.2, -0.15) is 10.6 Å². The van der Waals surface area contributed by atoms with Crippen molar-refractivity contribution in [3.63, 3.8) is 0 Å². The highest BCUT2D eigenvalue weighted by molar-refractivity contribution is 8.24. The number of carbonyl (C=O) groups excluding carboxylic acids is 1. The molecule has 1 saturated heterocycles. The standard InChI is InChI=1S/C25H24Cl2N4O7S/c26-19-9-10-20(21(27)16-19)23-22(18-7-5-17(6-8-18)4-2-1-3-13-37-31(33)34)28-25(38-23)24(32)29-30-11-14-39(35,36)15-12-30/h5-10,16,35-36H,1,3,11-15H2,(H,29,32). The number of amides is 1. The van der Waals surface area contributed by atoms with E-state index in [1.807, 2.05) is 0 Å². The number of hydrogen-bond donors (Lipinski definition) is 3. The summed E-state index contributed by atoms with van der Waals surface area (Å²) in [7, 11) is -2.61. The lowest BCUT2D eigenvalue weighted by atomic mass is 10.0. The molecule has 1 fully saturated rings. The minimum atomic E-state index is -2.61. The smallest absolute Gasteiger partial charge is 0.321 e. The third-order valence-corrected chi connectivity index (χ3v) is 7.89. The number of aromatic nitrogens is 1. The van der Waals surface area contributed by atoms with Crippen molar-refractivity contribution in [3.05, 3.63) is 74.1 Å². The fourth-order valence-electron chi connectivity index (χ4n) is 3.67. The quantitative estimate of drug-likeness (QED) is 0.135. The number of nitrogens with one attached hydrogen (secondary N) is 1. The van der Waals surface area contributed by atoms with Gasteiger partial charge in [0.2, 0.25) is 0 Å². The number of rotatable bonds is 8. The minimum Gasteiger partial charge on any atom is -0.432 e. The Morgan fingerprint density at radius 1 is 1.21 bits per heavy atom. The molecule has 0 saturated carbocycles. The van der Waals surface area contributed by atoms with E-state index in [1.165, 1.54) is 0 Å². The third-order valence-electron chi connectivity index (χ3n) is 5.67. The zero-order valence-electron chi connectivity index (χ0n) is 20.4. The molecule has 0 unspecified atom stereocenters. The van der Waals surface area contributed by atoms with Gasteiger partial charge in [-0.25, -0.2) is 9.99 Å². The molecule has 206 valence electrons. The van der Waals surface area contributed by atoms with E-state index in [-0.39, 0.29) is 42.9 Å². The molecule has 14 heteroatoms. The predicted octanol–water partition coefficient (Wildman–Crippen LogP) is 5.37. The van der Waals surface area contributed by atoms with Gasteiger partial charge >= 0.3 is 5.91 Å². The molecule has 0 spiro atoms. The van der Waals surface area contributed by atoms with Crippen molar-refractivity contribution in [2.24, 2.45) is 0 Å². The molecule has 3 N–H and O–H groups in total. The minimum absolute atomic E-state index is 0.0127. The van der Waals surface area contributed by atoms with Crippen LogP contribution in [0.1, 0.15) is 29.1 Å². The molecular formula is C25H24Cl2N4O7S. The van der Waals surface area contributed by atoms with Crippen molar-refractivity contribution in [2.45, 2.75) is 12.8 Å². The number of halogens is 2. The maximum absolute atomic E-state index is 13.0. The second-order valence-corrected chi connectivity index (χ2v) is 11.8. The first-order valence-corrected chi connectivity index (χ1v) is 14.4. The highest BCUT2D eigenvalue weighted by Crippen LogP contribution is 2.40. The summed E-state index contributed by atoms with van der Waals surface area (Å²) in [5.74, 6) is 5.76. The van der Waals surface area contributed by atoms with Crippen molar-refractivity contribution in [1.29, 1.82) is 0 Å². The summed E-state index contributed by atoms with van der Waals surface area (Å²) < 4.78 is 25.5. The summed E-state index contributed by atoms with van der Waals surface area (Å²) in [6.45, 7) is 0.548. The predicted molar refractivity (Wildman–Crippen MR) is 148 cm³/mol. The Morgan fingerprint density at radius 2 is 1.92 bits per heavy atom. The van der Waals surface area contributed by atoms with Crippen molar-refractivity contribution in [1.82, 2.24) is 15.4 Å². The molecule has 0 aliphatic carbocycles. The van der Waals surface area contributed by atoms with Gasteiger partial charge in [-0.15, -0.1) is 10.1 Å². The number of oxazole rings is 1. The number of unbranched alkanes of at least 4 members (excludes halogenated alkanes) is 1. The molecule has 2 heterocycles. The van der Waals surface area contributed by atoms with Crippen LogP contribution in [-0.2, 0) is 4.84 Å². The van der Waals surface area contributed by atoms with Gasteiger partial charge < -0.3 is 9.25 Å². The van der Waals surface area contributed by atoms with Gasteiger partial charge in [0.05, 0.1) is 23.1 Å². The molecule has 39 heavy (non-hydrogen) atoms. The largest absolute Gasteiger partial charge is 0.432 e. The molecule has 2 aromatic carbocycles. The number of carbonyl (C=O) groups is 1. The maximum Gasteiger partial charge on any atom is 0.321 e. The molecule has 1 aliphatic heterocycles. The van der Waals surface area contributed by atoms with Crippen LogP contribution in [0.25, 0.3) is 22.6 Å². The summed E-state index contributed by atoms with van der Waals surface area (Å²) in [5, 5.41) is 11.7. The van der Waals surface area contributed by atoms with Gasteiger partial charge in [-0.1, -0.05) is 47.2 Å². The van der Waals surface area contributed by atoms with Crippen molar-refractivity contribution >= 4 is 39.7 Å². The van der Waals surface area contributed by atoms with E-state index in [9.17, 15) is 24.0 Å². The van der Waals surface area contributed by atoms with Crippen LogP contribution in [0.5, 0.6) is 0 Å². The van der Waals surface area contributed by atoms with E-state index in [2.05, 4.69) is 27.1 Å². The maximum atomic E-state index is 13.0. The SMILES string of the molecule is O=C(NN1CCS(O)(O)CC1)c1nc(-c2ccc(C#CCCCO[N+](=O)[O-])cc2)c(-c2ccc(Cl)cc2Cl)o1.